The van der Waals surface area contributed by atoms with Gasteiger partial charge in [-0.3, -0.25) is 0 Å². The van der Waals surface area contributed by atoms with Crippen LogP contribution in [0, 0.1) is 0 Å². The highest BCUT2D eigenvalue weighted by atomic mass is 16.3. The van der Waals surface area contributed by atoms with Crippen molar-refractivity contribution in [2.24, 2.45) is 0 Å². The number of rotatable bonds is 3. The summed E-state index contributed by atoms with van der Waals surface area (Å²) in [7, 11) is 0. The van der Waals surface area contributed by atoms with E-state index in [0.29, 0.717) is 0 Å². The van der Waals surface area contributed by atoms with E-state index in [-0.39, 0.29) is 5.41 Å². The maximum Gasteiger partial charge on any atom is 0.145 e. The molecule has 0 radical (unpaired) electrons. The van der Waals surface area contributed by atoms with Gasteiger partial charge in [0.15, 0.2) is 0 Å². The molecule has 0 aliphatic heterocycles. The summed E-state index contributed by atoms with van der Waals surface area (Å²) >= 11 is 0. The fourth-order valence-corrected chi connectivity index (χ4v) is 9.28. The minimum absolute atomic E-state index is 0.139. The van der Waals surface area contributed by atoms with Crippen LogP contribution in [0.1, 0.15) is 25.0 Å². The summed E-state index contributed by atoms with van der Waals surface area (Å²) in [4.78, 5) is 16.1. The highest BCUT2D eigenvalue weighted by Gasteiger charge is 2.35. The summed E-state index contributed by atoms with van der Waals surface area (Å²) in [6.45, 7) is 4.67. The van der Waals surface area contributed by atoms with Gasteiger partial charge in [0.2, 0.25) is 0 Å². The summed E-state index contributed by atoms with van der Waals surface area (Å²) in [5.74, 6) is 0. The molecule has 4 aromatic heterocycles. The lowest BCUT2D eigenvalue weighted by Gasteiger charge is -2.22. The van der Waals surface area contributed by atoms with Gasteiger partial charge >= 0.3 is 0 Å². The van der Waals surface area contributed by atoms with Crippen molar-refractivity contribution in [2.75, 3.05) is 0 Å². The highest BCUT2D eigenvalue weighted by Crippen LogP contribution is 2.51. The fourth-order valence-electron chi connectivity index (χ4n) is 9.28. The molecular weight excluding hydrogens is 683 g/mol. The monoisotopic (exact) mass is 715 g/mol. The van der Waals surface area contributed by atoms with Crippen LogP contribution in [0.5, 0.6) is 0 Å². The van der Waals surface area contributed by atoms with Crippen LogP contribution in [0.15, 0.2) is 168 Å². The van der Waals surface area contributed by atoms with E-state index in [9.17, 15) is 0 Å². The fraction of sp³-hybridized carbons (Fsp3) is 0.0577. The van der Waals surface area contributed by atoms with Crippen molar-refractivity contribution in [1.29, 1.82) is 0 Å². The lowest BCUT2D eigenvalue weighted by atomic mass is 9.81. The Morgan fingerprint density at radius 3 is 1.95 bits per heavy atom. The van der Waals surface area contributed by atoms with E-state index in [0.717, 1.165) is 99.2 Å². The zero-order chi connectivity index (χ0) is 37.1. The summed E-state index contributed by atoms with van der Waals surface area (Å²) in [5, 5.41) is 7.53. The molecule has 4 heterocycles. The van der Waals surface area contributed by atoms with Crippen LogP contribution >= 0.6 is 0 Å². The molecule has 12 rings (SSSR count). The molecule has 0 N–H and O–H groups in total. The Bertz CT molecular complexity index is 3450. The number of benzene rings is 7. The third kappa shape index (κ3) is 4.38. The van der Waals surface area contributed by atoms with Gasteiger partial charge in [0.1, 0.15) is 11.2 Å². The molecule has 11 aromatic rings. The predicted octanol–water partition coefficient (Wildman–Crippen LogP) is 13.7. The maximum absolute atomic E-state index is 6.86. The maximum atomic E-state index is 6.86. The number of nitrogens with zero attached hydrogens (tertiary/aromatic N) is 3. The molecule has 0 spiro atoms. The predicted molar refractivity (Wildman–Crippen MR) is 231 cm³/mol. The molecule has 56 heavy (non-hydrogen) atoms. The van der Waals surface area contributed by atoms with Gasteiger partial charge in [-0.25, -0.2) is 15.0 Å². The third-order valence-electron chi connectivity index (χ3n) is 12.0. The molecule has 0 unspecified atom stereocenters. The second-order valence-electron chi connectivity index (χ2n) is 15.5. The van der Waals surface area contributed by atoms with Gasteiger partial charge < -0.3 is 4.42 Å². The van der Waals surface area contributed by atoms with Crippen molar-refractivity contribution in [3.05, 3.63) is 175 Å². The summed E-state index contributed by atoms with van der Waals surface area (Å²) in [5.41, 5.74) is 15.3. The Morgan fingerprint density at radius 2 is 1.11 bits per heavy atom. The van der Waals surface area contributed by atoms with Crippen molar-refractivity contribution < 1.29 is 4.42 Å². The quantitative estimate of drug-likeness (QED) is 0.171. The number of furan rings is 1. The number of aromatic nitrogens is 3. The number of hydrogen-bond donors (Lipinski definition) is 0. The topological polar surface area (TPSA) is 51.8 Å². The smallest absolute Gasteiger partial charge is 0.145 e. The Labute approximate surface area is 322 Å². The van der Waals surface area contributed by atoms with Crippen molar-refractivity contribution in [2.45, 2.75) is 19.3 Å². The zero-order valence-electron chi connectivity index (χ0n) is 30.8. The van der Waals surface area contributed by atoms with Crippen LogP contribution in [-0.4, -0.2) is 15.0 Å². The lowest BCUT2D eigenvalue weighted by Crippen LogP contribution is -2.14. The van der Waals surface area contributed by atoms with Crippen molar-refractivity contribution >= 4 is 65.4 Å². The molecular formula is C52H33N3O. The molecule has 262 valence electrons. The Balaban J connectivity index is 1.17. The van der Waals surface area contributed by atoms with Gasteiger partial charge in [-0.1, -0.05) is 141 Å². The van der Waals surface area contributed by atoms with E-state index >= 15 is 0 Å². The first-order valence-electron chi connectivity index (χ1n) is 19.2. The minimum atomic E-state index is -0.139. The first-order chi connectivity index (χ1) is 27.5. The summed E-state index contributed by atoms with van der Waals surface area (Å²) in [6, 6.07) is 58.0. The van der Waals surface area contributed by atoms with Gasteiger partial charge in [-0.05, 0) is 58.7 Å². The first-order valence-corrected chi connectivity index (χ1v) is 19.2. The van der Waals surface area contributed by atoms with Gasteiger partial charge in [0.25, 0.3) is 0 Å². The minimum Gasteiger partial charge on any atom is -0.455 e. The molecule has 4 nitrogen and oxygen atoms in total. The van der Waals surface area contributed by atoms with E-state index in [1.807, 2.05) is 24.3 Å². The molecule has 1 aliphatic rings. The Morgan fingerprint density at radius 1 is 0.446 bits per heavy atom. The average Bonchev–Trinajstić information content (AvgIpc) is 3.75. The van der Waals surface area contributed by atoms with Crippen LogP contribution < -0.4 is 0 Å². The van der Waals surface area contributed by atoms with Crippen LogP contribution in [0.3, 0.4) is 0 Å². The number of hydrogen-bond acceptors (Lipinski definition) is 4. The first kappa shape index (κ1) is 31.2. The molecule has 0 bridgehead atoms. The molecule has 0 atom stereocenters. The number of fused-ring (bicyclic) bond motifs is 13. The van der Waals surface area contributed by atoms with Crippen molar-refractivity contribution in [3.8, 4) is 44.9 Å². The van der Waals surface area contributed by atoms with Crippen molar-refractivity contribution in [3.63, 3.8) is 0 Å². The van der Waals surface area contributed by atoms with Gasteiger partial charge in [-0.2, -0.15) is 0 Å². The Kier molecular flexibility index (Phi) is 6.37. The molecule has 0 saturated heterocycles. The average molecular weight is 716 g/mol. The van der Waals surface area contributed by atoms with Gasteiger partial charge in [0, 0.05) is 59.8 Å². The van der Waals surface area contributed by atoms with Gasteiger partial charge in [-0.15, -0.1) is 0 Å². The van der Waals surface area contributed by atoms with E-state index in [4.69, 9.17) is 19.4 Å². The van der Waals surface area contributed by atoms with Gasteiger partial charge in [0.05, 0.1) is 33.6 Å². The molecule has 4 heteroatoms. The normalized spacial score (nSPS) is 13.3. The van der Waals surface area contributed by atoms with Crippen LogP contribution in [0.2, 0.25) is 0 Å². The van der Waals surface area contributed by atoms with E-state index in [1.54, 1.807) is 0 Å². The number of pyridine rings is 3. The van der Waals surface area contributed by atoms with Crippen LogP contribution in [0.4, 0.5) is 0 Å². The molecule has 0 saturated carbocycles. The third-order valence-corrected chi connectivity index (χ3v) is 12.0. The van der Waals surface area contributed by atoms with E-state index in [1.165, 1.54) is 22.3 Å². The van der Waals surface area contributed by atoms with E-state index in [2.05, 4.69) is 153 Å². The second-order valence-corrected chi connectivity index (χ2v) is 15.5. The largest absolute Gasteiger partial charge is 0.455 e. The van der Waals surface area contributed by atoms with Crippen LogP contribution in [0.25, 0.3) is 110 Å². The lowest BCUT2D eigenvalue weighted by molar-refractivity contribution is 0.660. The second kappa shape index (κ2) is 11.4. The molecule has 7 aromatic carbocycles. The molecule has 0 fully saturated rings. The zero-order valence-corrected chi connectivity index (χ0v) is 30.8. The van der Waals surface area contributed by atoms with Crippen LogP contribution in [-0.2, 0) is 5.41 Å². The highest BCUT2D eigenvalue weighted by molar-refractivity contribution is 6.30. The summed E-state index contributed by atoms with van der Waals surface area (Å²) < 4.78 is 6.86. The SMILES string of the molecule is CC1(C)c2ccccc2-c2ccc(-c3nc4ccccc4c4c3cc(-c3ccc5ccc6ccc(-c7ccccc7)nc6c5n3)c3oc5ccccc5c34)cc21. The molecule has 1 aliphatic carbocycles. The molecule has 0 amide bonds. The summed E-state index contributed by atoms with van der Waals surface area (Å²) in [6.07, 6.45) is 0. The van der Waals surface area contributed by atoms with E-state index < -0.39 is 0 Å². The number of para-hydroxylation sites is 2. The van der Waals surface area contributed by atoms with Crippen molar-refractivity contribution in [1.82, 2.24) is 15.0 Å². The standard InChI is InChI=1S/C52H33N3O/c1-52(2)40-17-9-6-14-34(40)35-25-22-33(28-41(35)52)48-39-29-38(51-47(37-16-8-11-19-45(37)56-51)46(39)36-15-7-10-18-43(36)54-48)44-27-24-32-21-20-31-23-26-42(30-12-4-3-5-13-30)53-49(31)50(32)55-44/h3-29H,1-2H3. The Hall–Kier alpha value is -7.17.